The van der Waals surface area contributed by atoms with E-state index in [0.717, 1.165) is 12.8 Å². The molecular weight excluding hydrogens is 254 g/mol. The van der Waals surface area contributed by atoms with E-state index in [9.17, 15) is 4.79 Å². The molecule has 1 rings (SSSR count). The molecule has 0 saturated heterocycles. The molecule has 0 radical (unpaired) electrons. The van der Waals surface area contributed by atoms with Gasteiger partial charge in [-0.05, 0) is 19.8 Å². The highest BCUT2D eigenvalue weighted by molar-refractivity contribution is 6.32. The lowest BCUT2D eigenvalue weighted by molar-refractivity contribution is 0.191. The first-order valence-electron chi connectivity index (χ1n) is 6.11. The lowest BCUT2D eigenvalue weighted by Crippen LogP contribution is -2.26. The third kappa shape index (κ3) is 3.99. The summed E-state index contributed by atoms with van der Waals surface area (Å²) in [5, 5.41) is 7.45. The second kappa shape index (κ2) is 7.38. The number of ether oxygens (including phenoxy) is 1. The van der Waals surface area contributed by atoms with Crippen LogP contribution in [0.3, 0.4) is 0 Å². The van der Waals surface area contributed by atoms with Gasteiger partial charge in [0.25, 0.3) is 5.56 Å². The average Bonchev–Trinajstić information content (AvgIpc) is 2.36. The van der Waals surface area contributed by atoms with Crippen molar-refractivity contribution in [2.75, 3.05) is 19.0 Å². The summed E-state index contributed by atoms with van der Waals surface area (Å²) in [6.45, 7) is 5.23. The number of hydrogen-bond acceptors (Lipinski definition) is 4. The lowest BCUT2D eigenvalue weighted by Gasteiger charge is -2.15. The van der Waals surface area contributed by atoms with E-state index in [0.29, 0.717) is 18.8 Å². The molecule has 0 aliphatic carbocycles. The number of hydrogen-bond donors (Lipinski definition) is 1. The van der Waals surface area contributed by atoms with Crippen molar-refractivity contribution in [3.8, 4) is 0 Å². The van der Waals surface area contributed by atoms with Gasteiger partial charge in [0, 0.05) is 26.3 Å². The Morgan fingerprint density at radius 3 is 2.94 bits per heavy atom. The zero-order valence-electron chi connectivity index (χ0n) is 11.1. The molecule has 18 heavy (non-hydrogen) atoms. The molecule has 5 nitrogen and oxygen atoms in total. The van der Waals surface area contributed by atoms with Gasteiger partial charge >= 0.3 is 0 Å². The predicted octanol–water partition coefficient (Wildman–Crippen LogP) is 2.14. The van der Waals surface area contributed by atoms with Crippen molar-refractivity contribution in [2.24, 2.45) is 0 Å². The maximum absolute atomic E-state index is 11.9. The molecule has 1 heterocycles. The standard InChI is InChI=1S/C12H20ClN3O2/c1-4-6-16-12(17)11(13)10(8-14-16)15-9(2)5-7-18-3/h8-9,15H,4-7H2,1-3H3. The van der Waals surface area contributed by atoms with E-state index in [-0.39, 0.29) is 16.6 Å². The van der Waals surface area contributed by atoms with Gasteiger partial charge in [0.1, 0.15) is 5.02 Å². The van der Waals surface area contributed by atoms with Crippen LogP contribution >= 0.6 is 11.6 Å². The summed E-state index contributed by atoms with van der Waals surface area (Å²) in [4.78, 5) is 11.9. The molecule has 0 aromatic carbocycles. The molecule has 0 spiro atoms. The van der Waals surface area contributed by atoms with Gasteiger partial charge in [0.05, 0.1) is 11.9 Å². The number of aryl methyl sites for hydroxylation is 1. The Morgan fingerprint density at radius 1 is 1.61 bits per heavy atom. The minimum atomic E-state index is -0.248. The second-order valence-corrected chi connectivity index (χ2v) is 4.61. The van der Waals surface area contributed by atoms with E-state index >= 15 is 0 Å². The Bertz CT molecular complexity index is 434. The Kier molecular flexibility index (Phi) is 6.15. The fourth-order valence-corrected chi connectivity index (χ4v) is 1.77. The monoisotopic (exact) mass is 273 g/mol. The van der Waals surface area contributed by atoms with Crippen molar-refractivity contribution < 1.29 is 4.74 Å². The topological polar surface area (TPSA) is 56.1 Å². The normalized spacial score (nSPS) is 12.4. The summed E-state index contributed by atoms with van der Waals surface area (Å²) in [7, 11) is 1.66. The minimum Gasteiger partial charge on any atom is -0.385 e. The van der Waals surface area contributed by atoms with Crippen LogP contribution in [0.25, 0.3) is 0 Å². The van der Waals surface area contributed by atoms with E-state index < -0.39 is 0 Å². The summed E-state index contributed by atoms with van der Waals surface area (Å²) < 4.78 is 6.38. The molecule has 1 N–H and O–H groups in total. The van der Waals surface area contributed by atoms with Crippen molar-refractivity contribution in [3.63, 3.8) is 0 Å². The molecule has 0 saturated carbocycles. The van der Waals surface area contributed by atoms with E-state index in [2.05, 4.69) is 10.4 Å². The predicted molar refractivity (Wildman–Crippen MR) is 73.4 cm³/mol. The van der Waals surface area contributed by atoms with Crippen LogP contribution in [0, 0.1) is 0 Å². The number of nitrogens with zero attached hydrogens (tertiary/aromatic N) is 2. The smallest absolute Gasteiger partial charge is 0.287 e. The fourth-order valence-electron chi connectivity index (χ4n) is 1.57. The van der Waals surface area contributed by atoms with Crippen LogP contribution in [0.5, 0.6) is 0 Å². The fraction of sp³-hybridized carbons (Fsp3) is 0.667. The van der Waals surface area contributed by atoms with E-state index in [1.165, 1.54) is 4.68 Å². The third-order valence-corrected chi connectivity index (χ3v) is 2.94. The summed E-state index contributed by atoms with van der Waals surface area (Å²) in [6.07, 6.45) is 3.29. The molecule has 1 unspecified atom stereocenters. The second-order valence-electron chi connectivity index (χ2n) is 4.23. The quantitative estimate of drug-likeness (QED) is 0.827. The molecule has 0 bridgehead atoms. The Morgan fingerprint density at radius 2 is 2.33 bits per heavy atom. The first-order chi connectivity index (χ1) is 8.60. The van der Waals surface area contributed by atoms with Crippen LogP contribution in [-0.2, 0) is 11.3 Å². The number of anilines is 1. The Labute approximate surface area is 112 Å². The molecule has 0 aliphatic heterocycles. The minimum absolute atomic E-state index is 0.172. The number of nitrogens with one attached hydrogen (secondary N) is 1. The largest absolute Gasteiger partial charge is 0.385 e. The molecule has 0 fully saturated rings. The van der Waals surface area contributed by atoms with Crippen LogP contribution in [0.2, 0.25) is 5.02 Å². The average molecular weight is 274 g/mol. The molecule has 6 heteroatoms. The summed E-state index contributed by atoms with van der Waals surface area (Å²) >= 11 is 6.05. The first-order valence-corrected chi connectivity index (χ1v) is 6.49. The van der Waals surface area contributed by atoms with Gasteiger partial charge in [0.2, 0.25) is 0 Å². The SMILES string of the molecule is CCCn1ncc(NC(C)CCOC)c(Cl)c1=O. The molecular formula is C12H20ClN3O2. The molecule has 1 aromatic heterocycles. The van der Waals surface area contributed by atoms with Gasteiger partial charge in [-0.3, -0.25) is 4.79 Å². The zero-order chi connectivity index (χ0) is 13.5. The van der Waals surface area contributed by atoms with E-state index in [1.54, 1.807) is 13.3 Å². The molecule has 1 atom stereocenters. The molecule has 102 valence electrons. The Balaban J connectivity index is 2.79. The maximum atomic E-state index is 11.9. The first kappa shape index (κ1) is 15.0. The maximum Gasteiger partial charge on any atom is 0.287 e. The Hall–Kier alpha value is -1.07. The summed E-state index contributed by atoms with van der Waals surface area (Å²) in [5.41, 5.74) is 0.333. The number of halogens is 1. The van der Waals surface area contributed by atoms with Crippen molar-refractivity contribution in [2.45, 2.75) is 39.3 Å². The van der Waals surface area contributed by atoms with Gasteiger partial charge in [-0.25, -0.2) is 4.68 Å². The lowest BCUT2D eigenvalue weighted by atomic mass is 10.2. The molecule has 1 aromatic rings. The van der Waals surface area contributed by atoms with Crippen molar-refractivity contribution in [3.05, 3.63) is 21.6 Å². The van der Waals surface area contributed by atoms with Crippen molar-refractivity contribution in [1.82, 2.24) is 9.78 Å². The van der Waals surface area contributed by atoms with Gasteiger partial charge in [0.15, 0.2) is 0 Å². The van der Waals surface area contributed by atoms with Crippen LogP contribution in [0.1, 0.15) is 26.7 Å². The van der Waals surface area contributed by atoms with Gasteiger partial charge in [-0.15, -0.1) is 0 Å². The highest BCUT2D eigenvalue weighted by Crippen LogP contribution is 2.17. The number of aromatic nitrogens is 2. The van der Waals surface area contributed by atoms with Crippen LogP contribution in [0.15, 0.2) is 11.0 Å². The molecule has 0 amide bonds. The molecule has 0 aliphatic rings. The summed E-state index contributed by atoms with van der Waals surface area (Å²) in [5.74, 6) is 0. The van der Waals surface area contributed by atoms with E-state index in [1.807, 2.05) is 13.8 Å². The van der Waals surface area contributed by atoms with Crippen LogP contribution < -0.4 is 10.9 Å². The highest BCUT2D eigenvalue weighted by atomic mass is 35.5. The number of rotatable bonds is 7. The van der Waals surface area contributed by atoms with Gasteiger partial charge in [-0.1, -0.05) is 18.5 Å². The number of methoxy groups -OCH3 is 1. The van der Waals surface area contributed by atoms with Crippen LogP contribution in [0.4, 0.5) is 5.69 Å². The van der Waals surface area contributed by atoms with E-state index in [4.69, 9.17) is 16.3 Å². The zero-order valence-corrected chi connectivity index (χ0v) is 11.8. The van der Waals surface area contributed by atoms with Gasteiger partial charge in [-0.2, -0.15) is 5.10 Å². The third-order valence-electron chi connectivity index (χ3n) is 2.58. The van der Waals surface area contributed by atoms with Gasteiger partial charge < -0.3 is 10.1 Å². The van der Waals surface area contributed by atoms with Crippen molar-refractivity contribution >= 4 is 17.3 Å². The van der Waals surface area contributed by atoms with Crippen LogP contribution in [-0.4, -0.2) is 29.5 Å². The summed E-state index contributed by atoms with van der Waals surface area (Å²) in [6, 6.07) is 0.172. The highest BCUT2D eigenvalue weighted by Gasteiger charge is 2.10. The van der Waals surface area contributed by atoms with Crippen molar-refractivity contribution in [1.29, 1.82) is 0 Å².